The van der Waals surface area contributed by atoms with Crippen LogP contribution in [-0.2, 0) is 9.53 Å². The zero-order valence-electron chi connectivity index (χ0n) is 6.96. The molecule has 1 saturated carbocycles. The first-order chi connectivity index (χ1) is 5.11. The molecule has 0 aromatic heterocycles. The third-order valence-electron chi connectivity index (χ3n) is 2.42. The van der Waals surface area contributed by atoms with Gasteiger partial charge in [-0.25, -0.2) is 0 Å². The molecule has 2 atom stereocenters. The Hall–Kier alpha value is -0.570. The Morgan fingerprint density at radius 3 is 2.82 bits per heavy atom. The molecule has 0 spiro atoms. The molecule has 11 heavy (non-hydrogen) atoms. The van der Waals surface area contributed by atoms with Gasteiger partial charge in [0.1, 0.15) is 0 Å². The Kier molecular flexibility index (Phi) is 2.18. The van der Waals surface area contributed by atoms with Crippen LogP contribution in [-0.4, -0.2) is 24.3 Å². The molecule has 1 N–H and O–H groups in total. The van der Waals surface area contributed by atoms with E-state index in [0.717, 1.165) is 6.42 Å². The van der Waals surface area contributed by atoms with Crippen LogP contribution in [0.5, 0.6) is 0 Å². The molecule has 3 nitrogen and oxygen atoms in total. The molecule has 0 bridgehead atoms. The highest BCUT2D eigenvalue weighted by atomic mass is 16.5. The molecule has 0 saturated heterocycles. The van der Waals surface area contributed by atoms with Gasteiger partial charge in [-0.1, -0.05) is 0 Å². The van der Waals surface area contributed by atoms with Crippen molar-refractivity contribution >= 4 is 5.97 Å². The molecular formula is C8H14O3. The van der Waals surface area contributed by atoms with Gasteiger partial charge < -0.3 is 9.84 Å². The summed E-state index contributed by atoms with van der Waals surface area (Å²) in [6.07, 6.45) is 0.766. The van der Waals surface area contributed by atoms with Crippen LogP contribution in [0.1, 0.15) is 20.3 Å². The van der Waals surface area contributed by atoms with Gasteiger partial charge in [0.05, 0.1) is 12.0 Å². The number of carbonyl (C=O) groups is 1. The highest BCUT2D eigenvalue weighted by Crippen LogP contribution is 2.52. The first-order valence-corrected chi connectivity index (χ1v) is 3.92. The fourth-order valence-corrected chi connectivity index (χ4v) is 1.22. The number of hydrogen-bond donors (Lipinski definition) is 1. The van der Waals surface area contributed by atoms with Gasteiger partial charge in [0.25, 0.3) is 0 Å². The summed E-state index contributed by atoms with van der Waals surface area (Å²) < 4.78 is 5.14. The minimum absolute atomic E-state index is 0.236. The predicted octanol–water partition coefficient (Wildman–Crippen LogP) is 1.13. The number of carboxylic acids is 1. The van der Waals surface area contributed by atoms with Crippen molar-refractivity contribution < 1.29 is 14.6 Å². The second kappa shape index (κ2) is 2.81. The topological polar surface area (TPSA) is 46.5 Å². The number of hydrogen-bond acceptors (Lipinski definition) is 2. The summed E-state index contributed by atoms with van der Waals surface area (Å²) in [6.45, 7) is 4.96. The van der Waals surface area contributed by atoms with Crippen molar-refractivity contribution in [3.63, 3.8) is 0 Å². The van der Waals surface area contributed by atoms with E-state index in [1.54, 1.807) is 6.92 Å². The standard InChI is InChI=1S/C8H14O3/c1-3-11-5-6-4-8(6,2)7(9)10/h6H,3-5H2,1-2H3,(H,9,10)/t6-,8+/m0/s1. The fraction of sp³-hybridized carbons (Fsp3) is 0.875. The van der Waals surface area contributed by atoms with Gasteiger partial charge in [-0.2, -0.15) is 0 Å². The summed E-state index contributed by atoms with van der Waals surface area (Å²) in [5.74, 6) is -0.456. The van der Waals surface area contributed by atoms with Crippen LogP contribution in [0.4, 0.5) is 0 Å². The summed E-state index contributed by atoms with van der Waals surface area (Å²) in [5.41, 5.74) is -0.491. The van der Waals surface area contributed by atoms with Crippen LogP contribution in [0.25, 0.3) is 0 Å². The average molecular weight is 158 g/mol. The Morgan fingerprint density at radius 1 is 1.82 bits per heavy atom. The average Bonchev–Trinajstić information content (AvgIpc) is 2.59. The molecule has 64 valence electrons. The van der Waals surface area contributed by atoms with Crippen molar-refractivity contribution in [2.24, 2.45) is 11.3 Å². The quantitative estimate of drug-likeness (QED) is 0.667. The Labute approximate surface area is 66.4 Å². The predicted molar refractivity (Wildman–Crippen MR) is 40.3 cm³/mol. The van der Waals surface area contributed by atoms with E-state index in [-0.39, 0.29) is 5.92 Å². The van der Waals surface area contributed by atoms with Gasteiger partial charge >= 0.3 is 5.97 Å². The van der Waals surface area contributed by atoms with Crippen LogP contribution >= 0.6 is 0 Å². The summed E-state index contributed by atoms with van der Waals surface area (Å²) in [4.78, 5) is 10.6. The van der Waals surface area contributed by atoms with Gasteiger partial charge in [0.2, 0.25) is 0 Å². The summed E-state index contributed by atoms with van der Waals surface area (Å²) in [5, 5.41) is 8.73. The molecule has 0 aromatic rings. The second-order valence-corrected chi connectivity index (χ2v) is 3.28. The maximum absolute atomic E-state index is 10.6. The molecule has 0 heterocycles. The monoisotopic (exact) mass is 158 g/mol. The number of aliphatic carboxylic acids is 1. The van der Waals surface area contributed by atoms with Crippen molar-refractivity contribution in [2.75, 3.05) is 13.2 Å². The van der Waals surface area contributed by atoms with E-state index in [4.69, 9.17) is 9.84 Å². The lowest BCUT2D eigenvalue weighted by Crippen LogP contribution is -2.15. The minimum Gasteiger partial charge on any atom is -0.481 e. The first-order valence-electron chi connectivity index (χ1n) is 3.92. The van der Waals surface area contributed by atoms with Crippen LogP contribution in [0.2, 0.25) is 0 Å². The lowest BCUT2D eigenvalue weighted by atomic mass is 10.1. The largest absolute Gasteiger partial charge is 0.481 e. The van der Waals surface area contributed by atoms with E-state index >= 15 is 0 Å². The summed E-state index contributed by atoms with van der Waals surface area (Å²) >= 11 is 0. The number of carboxylic acid groups (broad SMARTS) is 1. The van der Waals surface area contributed by atoms with Crippen LogP contribution in [0.15, 0.2) is 0 Å². The summed E-state index contributed by atoms with van der Waals surface area (Å²) in [6, 6.07) is 0. The maximum Gasteiger partial charge on any atom is 0.309 e. The van der Waals surface area contributed by atoms with Gasteiger partial charge in [-0.15, -0.1) is 0 Å². The third kappa shape index (κ3) is 1.53. The van der Waals surface area contributed by atoms with Crippen molar-refractivity contribution in [1.82, 2.24) is 0 Å². The van der Waals surface area contributed by atoms with Gasteiger partial charge in [-0.3, -0.25) is 4.79 Å². The molecule has 0 unspecified atom stereocenters. The molecule has 1 aliphatic rings. The lowest BCUT2D eigenvalue weighted by molar-refractivity contribution is -0.143. The van der Waals surface area contributed by atoms with E-state index < -0.39 is 11.4 Å². The first kappa shape index (κ1) is 8.53. The molecule has 3 heteroatoms. The van der Waals surface area contributed by atoms with Crippen LogP contribution < -0.4 is 0 Å². The number of rotatable bonds is 4. The van der Waals surface area contributed by atoms with E-state index in [1.165, 1.54) is 0 Å². The molecule has 1 fully saturated rings. The maximum atomic E-state index is 10.6. The van der Waals surface area contributed by atoms with Crippen molar-refractivity contribution in [1.29, 1.82) is 0 Å². The Bertz CT molecular complexity index is 167. The molecule has 0 aliphatic heterocycles. The zero-order valence-corrected chi connectivity index (χ0v) is 6.96. The van der Waals surface area contributed by atoms with E-state index in [1.807, 2.05) is 6.92 Å². The van der Waals surface area contributed by atoms with Crippen molar-refractivity contribution in [3.05, 3.63) is 0 Å². The Morgan fingerprint density at radius 2 is 2.45 bits per heavy atom. The molecular weight excluding hydrogens is 144 g/mol. The SMILES string of the molecule is CCOC[C@@H]1C[C@@]1(C)C(=O)O. The fourth-order valence-electron chi connectivity index (χ4n) is 1.22. The number of ether oxygens (including phenoxy) is 1. The minimum atomic E-state index is -0.692. The van der Waals surface area contributed by atoms with Gasteiger partial charge in [0, 0.05) is 6.61 Å². The Balaban J connectivity index is 2.29. The zero-order chi connectivity index (χ0) is 8.48. The normalized spacial score (nSPS) is 35.3. The van der Waals surface area contributed by atoms with Crippen molar-refractivity contribution in [2.45, 2.75) is 20.3 Å². The molecule has 1 aliphatic carbocycles. The van der Waals surface area contributed by atoms with Crippen LogP contribution in [0.3, 0.4) is 0 Å². The van der Waals surface area contributed by atoms with Gasteiger partial charge in [0.15, 0.2) is 0 Å². The van der Waals surface area contributed by atoms with Gasteiger partial charge in [-0.05, 0) is 26.2 Å². The van der Waals surface area contributed by atoms with E-state index in [9.17, 15) is 4.79 Å². The smallest absolute Gasteiger partial charge is 0.309 e. The highest BCUT2D eigenvalue weighted by molar-refractivity contribution is 5.78. The third-order valence-corrected chi connectivity index (χ3v) is 2.42. The second-order valence-electron chi connectivity index (χ2n) is 3.28. The van der Waals surface area contributed by atoms with Crippen LogP contribution in [0, 0.1) is 11.3 Å². The molecule has 0 amide bonds. The van der Waals surface area contributed by atoms with Crippen molar-refractivity contribution in [3.8, 4) is 0 Å². The van der Waals surface area contributed by atoms with E-state index in [2.05, 4.69) is 0 Å². The molecule has 0 radical (unpaired) electrons. The lowest BCUT2D eigenvalue weighted by Gasteiger charge is -2.03. The molecule has 1 rings (SSSR count). The molecule has 0 aromatic carbocycles. The highest BCUT2D eigenvalue weighted by Gasteiger charge is 2.56. The van der Waals surface area contributed by atoms with E-state index in [0.29, 0.717) is 13.2 Å². The summed E-state index contributed by atoms with van der Waals surface area (Å²) in [7, 11) is 0.